The Hall–Kier alpha value is -1.71. The fourth-order valence-corrected chi connectivity index (χ4v) is 3.10. The van der Waals surface area contributed by atoms with Crippen molar-refractivity contribution in [3.63, 3.8) is 0 Å². The second-order valence-electron chi connectivity index (χ2n) is 5.52. The summed E-state index contributed by atoms with van der Waals surface area (Å²) >= 11 is 0. The molecule has 0 radical (unpaired) electrons. The standard InChI is InChI=1S/C15H23N3O/c1-3-10-4-7-14(9(10)2)18-11-5-6-13(16)12(8-11)15(17)19/h5-6,8-10,14,18H,3-4,7,16H2,1-2H3,(H2,17,19). The molecule has 0 aromatic heterocycles. The molecule has 0 spiro atoms. The molecule has 1 aromatic carbocycles. The largest absolute Gasteiger partial charge is 0.398 e. The van der Waals surface area contributed by atoms with Crippen molar-refractivity contribution in [2.24, 2.45) is 17.6 Å². The van der Waals surface area contributed by atoms with Gasteiger partial charge in [-0.15, -0.1) is 0 Å². The summed E-state index contributed by atoms with van der Waals surface area (Å²) in [6.07, 6.45) is 3.68. The van der Waals surface area contributed by atoms with Crippen LogP contribution in [-0.4, -0.2) is 11.9 Å². The molecular weight excluding hydrogens is 238 g/mol. The maximum atomic E-state index is 11.3. The highest BCUT2D eigenvalue weighted by molar-refractivity contribution is 5.98. The fraction of sp³-hybridized carbons (Fsp3) is 0.533. The van der Waals surface area contributed by atoms with Crippen LogP contribution in [0.15, 0.2) is 18.2 Å². The average Bonchev–Trinajstić information content (AvgIpc) is 2.72. The van der Waals surface area contributed by atoms with Gasteiger partial charge in [0.25, 0.3) is 5.91 Å². The van der Waals surface area contributed by atoms with Gasteiger partial charge in [0.1, 0.15) is 0 Å². The van der Waals surface area contributed by atoms with Gasteiger partial charge in [-0.2, -0.15) is 0 Å². The highest BCUT2D eigenvalue weighted by atomic mass is 16.1. The van der Waals surface area contributed by atoms with E-state index in [9.17, 15) is 4.79 Å². The fourth-order valence-electron chi connectivity index (χ4n) is 3.10. The Balaban J connectivity index is 2.12. The lowest BCUT2D eigenvalue weighted by Gasteiger charge is -2.22. The molecule has 5 N–H and O–H groups in total. The number of nitrogens with one attached hydrogen (secondary N) is 1. The molecule has 0 heterocycles. The molecule has 0 aliphatic heterocycles. The summed E-state index contributed by atoms with van der Waals surface area (Å²) in [7, 11) is 0. The summed E-state index contributed by atoms with van der Waals surface area (Å²) in [5, 5.41) is 3.51. The number of nitrogens with two attached hydrogens (primary N) is 2. The van der Waals surface area contributed by atoms with E-state index in [4.69, 9.17) is 11.5 Å². The van der Waals surface area contributed by atoms with Crippen LogP contribution in [0, 0.1) is 11.8 Å². The minimum Gasteiger partial charge on any atom is -0.398 e. The van der Waals surface area contributed by atoms with Gasteiger partial charge in [0.05, 0.1) is 5.56 Å². The molecule has 1 aliphatic carbocycles. The van der Waals surface area contributed by atoms with Crippen LogP contribution in [0.25, 0.3) is 0 Å². The molecule has 1 saturated carbocycles. The van der Waals surface area contributed by atoms with Crippen LogP contribution in [0.4, 0.5) is 11.4 Å². The molecule has 19 heavy (non-hydrogen) atoms. The van der Waals surface area contributed by atoms with Crippen molar-refractivity contribution in [3.05, 3.63) is 23.8 Å². The van der Waals surface area contributed by atoms with Gasteiger partial charge < -0.3 is 16.8 Å². The van der Waals surface area contributed by atoms with Crippen molar-refractivity contribution in [2.45, 2.75) is 39.2 Å². The molecule has 4 nitrogen and oxygen atoms in total. The van der Waals surface area contributed by atoms with Gasteiger partial charge in [-0.3, -0.25) is 4.79 Å². The third kappa shape index (κ3) is 2.83. The van der Waals surface area contributed by atoms with Gasteiger partial charge >= 0.3 is 0 Å². The summed E-state index contributed by atoms with van der Waals surface area (Å²) in [4.78, 5) is 11.3. The molecule has 3 atom stereocenters. The third-order valence-corrected chi connectivity index (χ3v) is 4.42. The van der Waals surface area contributed by atoms with Crippen LogP contribution in [0.1, 0.15) is 43.5 Å². The van der Waals surface area contributed by atoms with Crippen molar-refractivity contribution < 1.29 is 4.79 Å². The van der Waals surface area contributed by atoms with E-state index in [-0.39, 0.29) is 0 Å². The van der Waals surface area contributed by atoms with E-state index in [2.05, 4.69) is 19.2 Å². The number of rotatable bonds is 4. The van der Waals surface area contributed by atoms with Crippen LogP contribution in [0.5, 0.6) is 0 Å². The number of benzene rings is 1. The molecule has 1 aliphatic rings. The number of hydrogen-bond acceptors (Lipinski definition) is 3. The molecular formula is C15H23N3O. The Morgan fingerprint density at radius 1 is 1.42 bits per heavy atom. The molecule has 104 valence electrons. The van der Waals surface area contributed by atoms with E-state index in [0.29, 0.717) is 23.2 Å². The van der Waals surface area contributed by atoms with Crippen LogP contribution in [0.2, 0.25) is 0 Å². The Labute approximate surface area is 114 Å². The van der Waals surface area contributed by atoms with Crippen LogP contribution in [-0.2, 0) is 0 Å². The summed E-state index contributed by atoms with van der Waals surface area (Å²) in [6, 6.07) is 5.87. The van der Waals surface area contributed by atoms with E-state index in [0.717, 1.165) is 11.6 Å². The molecule has 2 rings (SSSR count). The normalized spacial score (nSPS) is 26.3. The van der Waals surface area contributed by atoms with Crippen molar-refractivity contribution in [3.8, 4) is 0 Å². The Bertz CT molecular complexity index is 472. The predicted octanol–water partition coefficient (Wildman–Crippen LogP) is 2.60. The Kier molecular flexibility index (Phi) is 3.98. The van der Waals surface area contributed by atoms with E-state index in [1.165, 1.54) is 19.3 Å². The van der Waals surface area contributed by atoms with Crippen molar-refractivity contribution >= 4 is 17.3 Å². The summed E-state index contributed by atoms with van der Waals surface area (Å²) in [6.45, 7) is 4.54. The van der Waals surface area contributed by atoms with Crippen molar-refractivity contribution in [1.82, 2.24) is 0 Å². The number of carbonyl (C=O) groups is 1. The number of primary amides is 1. The quantitative estimate of drug-likeness (QED) is 0.729. The highest BCUT2D eigenvalue weighted by Crippen LogP contribution is 2.35. The average molecular weight is 261 g/mol. The second-order valence-corrected chi connectivity index (χ2v) is 5.52. The predicted molar refractivity (Wildman–Crippen MR) is 79.0 cm³/mol. The number of carbonyl (C=O) groups excluding carboxylic acids is 1. The zero-order valence-corrected chi connectivity index (χ0v) is 11.6. The molecule has 1 aromatic rings. The molecule has 0 saturated heterocycles. The monoisotopic (exact) mass is 261 g/mol. The molecule has 3 unspecified atom stereocenters. The lowest BCUT2D eigenvalue weighted by atomic mass is 9.93. The second kappa shape index (κ2) is 5.51. The number of hydrogen-bond donors (Lipinski definition) is 3. The van der Waals surface area contributed by atoms with Gasteiger partial charge in [-0.1, -0.05) is 20.3 Å². The zero-order chi connectivity index (χ0) is 14.0. The van der Waals surface area contributed by atoms with Crippen molar-refractivity contribution in [1.29, 1.82) is 0 Å². The van der Waals surface area contributed by atoms with Gasteiger partial charge in [0.15, 0.2) is 0 Å². The maximum absolute atomic E-state index is 11.3. The van der Waals surface area contributed by atoms with E-state index in [1.54, 1.807) is 12.1 Å². The number of amides is 1. The van der Waals surface area contributed by atoms with Gasteiger partial charge in [0.2, 0.25) is 0 Å². The van der Waals surface area contributed by atoms with E-state index in [1.807, 2.05) is 6.07 Å². The Morgan fingerprint density at radius 2 is 2.16 bits per heavy atom. The third-order valence-electron chi connectivity index (χ3n) is 4.42. The first-order valence-electron chi connectivity index (χ1n) is 6.98. The van der Waals surface area contributed by atoms with Crippen LogP contribution >= 0.6 is 0 Å². The minimum atomic E-state index is -0.480. The van der Waals surface area contributed by atoms with Crippen LogP contribution in [0.3, 0.4) is 0 Å². The first-order chi connectivity index (χ1) is 9.02. The lowest BCUT2D eigenvalue weighted by Crippen LogP contribution is -2.25. The highest BCUT2D eigenvalue weighted by Gasteiger charge is 2.31. The lowest BCUT2D eigenvalue weighted by molar-refractivity contribution is 0.100. The minimum absolute atomic E-state index is 0.391. The number of anilines is 2. The summed E-state index contributed by atoms with van der Waals surface area (Å²) in [5.41, 5.74) is 12.8. The molecule has 0 bridgehead atoms. The molecule has 1 fully saturated rings. The summed E-state index contributed by atoms with van der Waals surface area (Å²) in [5.74, 6) is 0.966. The SMILES string of the molecule is CCC1CCC(Nc2ccc(N)c(C(N)=O)c2)C1C. The zero-order valence-electron chi connectivity index (χ0n) is 11.6. The smallest absolute Gasteiger partial charge is 0.250 e. The number of nitrogen functional groups attached to an aromatic ring is 1. The Morgan fingerprint density at radius 3 is 2.74 bits per heavy atom. The first-order valence-corrected chi connectivity index (χ1v) is 6.98. The van der Waals surface area contributed by atoms with Crippen molar-refractivity contribution in [2.75, 3.05) is 11.1 Å². The molecule has 1 amide bonds. The summed E-state index contributed by atoms with van der Waals surface area (Å²) < 4.78 is 0. The van der Waals surface area contributed by atoms with Crippen LogP contribution < -0.4 is 16.8 Å². The maximum Gasteiger partial charge on any atom is 0.250 e. The van der Waals surface area contributed by atoms with E-state index >= 15 is 0 Å². The molecule has 4 heteroatoms. The topological polar surface area (TPSA) is 81.1 Å². The first kappa shape index (κ1) is 13.7. The van der Waals surface area contributed by atoms with Gasteiger partial charge in [-0.25, -0.2) is 0 Å². The van der Waals surface area contributed by atoms with E-state index < -0.39 is 5.91 Å². The van der Waals surface area contributed by atoms with Gasteiger partial charge in [-0.05, 0) is 42.9 Å². The van der Waals surface area contributed by atoms with Gasteiger partial charge in [0, 0.05) is 17.4 Å².